The van der Waals surface area contributed by atoms with Crippen LogP contribution in [0.3, 0.4) is 0 Å². The molecule has 188 valence electrons. The van der Waals surface area contributed by atoms with E-state index in [2.05, 4.69) is 10.1 Å². The van der Waals surface area contributed by atoms with E-state index in [0.29, 0.717) is 29.8 Å². The van der Waals surface area contributed by atoms with Crippen molar-refractivity contribution in [1.29, 1.82) is 0 Å². The van der Waals surface area contributed by atoms with Gasteiger partial charge in [-0.1, -0.05) is 11.6 Å². The smallest absolute Gasteiger partial charge is 0.373 e. The van der Waals surface area contributed by atoms with Crippen molar-refractivity contribution < 1.29 is 22.3 Å². The van der Waals surface area contributed by atoms with Crippen LogP contribution in [0.5, 0.6) is 0 Å². The summed E-state index contributed by atoms with van der Waals surface area (Å²) in [6.45, 7) is 3.61. The highest BCUT2D eigenvalue weighted by atomic mass is 35.5. The van der Waals surface area contributed by atoms with Gasteiger partial charge in [-0.2, -0.15) is 9.78 Å². The van der Waals surface area contributed by atoms with E-state index in [1.807, 2.05) is 0 Å². The van der Waals surface area contributed by atoms with Crippen LogP contribution in [0.15, 0.2) is 41.6 Å². The molecule has 0 spiro atoms. The highest BCUT2D eigenvalue weighted by Crippen LogP contribution is 2.38. The number of fused-ring (bicyclic) bond motifs is 1. The van der Waals surface area contributed by atoms with Crippen LogP contribution in [-0.4, -0.2) is 30.8 Å². The first-order valence-electron chi connectivity index (χ1n) is 11.1. The van der Waals surface area contributed by atoms with Gasteiger partial charge in [-0.05, 0) is 44.9 Å². The lowest BCUT2D eigenvalue weighted by Gasteiger charge is -2.29. The van der Waals surface area contributed by atoms with Crippen molar-refractivity contribution in [2.75, 3.05) is 6.61 Å². The number of rotatable bonds is 3. The van der Waals surface area contributed by atoms with E-state index in [4.69, 9.17) is 21.3 Å². The Hall–Kier alpha value is -3.31. The molecule has 3 aromatic heterocycles. The van der Waals surface area contributed by atoms with Crippen molar-refractivity contribution >= 4 is 17.2 Å². The monoisotopic (exact) mass is 521 g/mol. The van der Waals surface area contributed by atoms with Gasteiger partial charge in [0.15, 0.2) is 5.65 Å². The van der Waals surface area contributed by atoms with E-state index in [-0.39, 0.29) is 50.3 Å². The van der Waals surface area contributed by atoms with Gasteiger partial charge in [0, 0.05) is 52.3 Å². The lowest BCUT2D eigenvalue weighted by molar-refractivity contribution is -0.212. The molecule has 7 nitrogen and oxygen atoms in total. The molecule has 1 fully saturated rings. The molecule has 0 N–H and O–H groups in total. The van der Waals surface area contributed by atoms with E-state index in [9.17, 15) is 22.4 Å². The number of hydrogen-bond acceptors (Lipinski definition) is 5. The second-order valence-electron chi connectivity index (χ2n) is 8.73. The Kier molecular flexibility index (Phi) is 6.08. The molecule has 2 unspecified atom stereocenters. The lowest BCUT2D eigenvalue weighted by Crippen LogP contribution is -2.24. The van der Waals surface area contributed by atoms with Gasteiger partial charge in [0.25, 0.3) is 5.56 Å². The Morgan fingerprint density at radius 2 is 1.94 bits per heavy atom. The summed E-state index contributed by atoms with van der Waals surface area (Å²) in [6.07, 6.45) is -0.869. The second-order valence-corrected chi connectivity index (χ2v) is 9.16. The molecule has 1 saturated heterocycles. The van der Waals surface area contributed by atoms with Crippen molar-refractivity contribution in [2.45, 2.75) is 45.0 Å². The number of aryl methyl sites for hydroxylation is 1. The molecule has 1 aromatic carbocycles. The molecule has 36 heavy (non-hydrogen) atoms. The van der Waals surface area contributed by atoms with Crippen molar-refractivity contribution in [2.24, 2.45) is 0 Å². The van der Waals surface area contributed by atoms with Gasteiger partial charge in [-0.25, -0.2) is 14.4 Å². The van der Waals surface area contributed by atoms with E-state index >= 15 is 0 Å². The molecule has 4 aromatic rings. The summed E-state index contributed by atoms with van der Waals surface area (Å²) in [7, 11) is 0. The maximum absolute atomic E-state index is 14.9. The first kappa shape index (κ1) is 24.4. The van der Waals surface area contributed by atoms with Crippen LogP contribution in [0.4, 0.5) is 17.6 Å². The standard InChI is InChI=1S/C24H20ClF4N5O2/c1-12-13(2)31-22-21(17-4-3-16(25)8-18(17)26)32-19(11-33(22)23(12)35)14-5-6-36-20(7-14)15-9-30-34(10-15)24(27,28)29/h3-4,8-11,14,20H,5-7H2,1-2H3. The quantitative estimate of drug-likeness (QED) is 0.334. The first-order chi connectivity index (χ1) is 17.0. The number of nitrogens with zero attached hydrogens (tertiary/aromatic N) is 5. The number of benzene rings is 1. The highest BCUT2D eigenvalue weighted by molar-refractivity contribution is 6.30. The molecule has 5 rings (SSSR count). The Morgan fingerprint density at radius 3 is 2.64 bits per heavy atom. The Morgan fingerprint density at radius 1 is 1.17 bits per heavy atom. The fourth-order valence-corrected chi connectivity index (χ4v) is 4.51. The van der Waals surface area contributed by atoms with Crippen molar-refractivity contribution in [1.82, 2.24) is 24.1 Å². The summed E-state index contributed by atoms with van der Waals surface area (Å²) in [5, 5.41) is 3.60. The fourth-order valence-electron chi connectivity index (χ4n) is 4.35. The van der Waals surface area contributed by atoms with Crippen LogP contribution in [0, 0.1) is 19.7 Å². The zero-order valence-corrected chi connectivity index (χ0v) is 19.9. The Balaban J connectivity index is 1.61. The third-order valence-corrected chi connectivity index (χ3v) is 6.66. The number of hydrogen-bond donors (Lipinski definition) is 0. The molecule has 0 radical (unpaired) electrons. The van der Waals surface area contributed by atoms with Gasteiger partial charge in [0.05, 0.1) is 18.0 Å². The summed E-state index contributed by atoms with van der Waals surface area (Å²) in [5.74, 6) is -0.893. The number of alkyl halides is 3. The third-order valence-electron chi connectivity index (χ3n) is 6.42. The van der Waals surface area contributed by atoms with Crippen LogP contribution in [0.1, 0.15) is 47.4 Å². The van der Waals surface area contributed by atoms with Crippen molar-refractivity contribution in [3.8, 4) is 11.3 Å². The summed E-state index contributed by atoms with van der Waals surface area (Å²) < 4.78 is 60.9. The van der Waals surface area contributed by atoms with Crippen LogP contribution >= 0.6 is 11.6 Å². The fraction of sp³-hybridized carbons (Fsp3) is 0.333. The van der Waals surface area contributed by atoms with Crippen LogP contribution in [0.25, 0.3) is 16.9 Å². The maximum Gasteiger partial charge on any atom is 0.504 e. The molecule has 12 heteroatoms. The van der Waals surface area contributed by atoms with E-state index in [1.54, 1.807) is 20.0 Å². The maximum atomic E-state index is 14.9. The number of aromatic nitrogens is 5. The summed E-state index contributed by atoms with van der Waals surface area (Å²) >= 11 is 5.93. The summed E-state index contributed by atoms with van der Waals surface area (Å²) in [5.41, 5.74) is 1.89. The second kappa shape index (κ2) is 8.97. The highest BCUT2D eigenvalue weighted by Gasteiger charge is 2.34. The average molecular weight is 522 g/mol. The van der Waals surface area contributed by atoms with Gasteiger partial charge >= 0.3 is 6.30 Å². The van der Waals surface area contributed by atoms with E-state index < -0.39 is 18.2 Å². The molecule has 4 heterocycles. The largest absolute Gasteiger partial charge is 0.504 e. The van der Waals surface area contributed by atoms with Gasteiger partial charge in [0.2, 0.25) is 0 Å². The summed E-state index contributed by atoms with van der Waals surface area (Å²) in [4.78, 5) is 22.3. The molecule has 0 bridgehead atoms. The molecular weight excluding hydrogens is 502 g/mol. The molecule has 0 aliphatic carbocycles. The zero-order valence-electron chi connectivity index (χ0n) is 19.2. The number of ether oxygens (including phenoxy) is 1. The minimum atomic E-state index is -4.63. The minimum absolute atomic E-state index is 0.0681. The molecular formula is C24H20ClF4N5O2. The van der Waals surface area contributed by atoms with E-state index in [1.165, 1.54) is 16.5 Å². The molecule has 2 atom stereocenters. The van der Waals surface area contributed by atoms with Gasteiger partial charge < -0.3 is 4.74 Å². The molecule has 1 aliphatic rings. The Labute approximate surface area is 207 Å². The van der Waals surface area contributed by atoms with Crippen molar-refractivity contribution in [3.63, 3.8) is 0 Å². The Bertz CT molecular complexity index is 1530. The van der Waals surface area contributed by atoms with Gasteiger partial charge in [-0.3, -0.25) is 9.20 Å². The zero-order chi connectivity index (χ0) is 25.8. The van der Waals surface area contributed by atoms with Crippen LogP contribution < -0.4 is 5.56 Å². The van der Waals surface area contributed by atoms with Crippen LogP contribution in [0.2, 0.25) is 5.02 Å². The minimum Gasteiger partial charge on any atom is -0.373 e. The SMILES string of the molecule is Cc1nc2c(-c3ccc(Cl)cc3F)nc(C3CCOC(c4cnn(C(F)(F)F)c4)C3)cn2c(=O)c1C. The normalized spacial score (nSPS) is 18.6. The van der Waals surface area contributed by atoms with Crippen LogP contribution in [-0.2, 0) is 11.0 Å². The first-order valence-corrected chi connectivity index (χ1v) is 11.5. The van der Waals surface area contributed by atoms with Crippen molar-refractivity contribution in [3.05, 3.63) is 80.5 Å². The summed E-state index contributed by atoms with van der Waals surface area (Å²) in [6, 6.07) is 4.15. The van der Waals surface area contributed by atoms with Gasteiger partial charge in [-0.15, -0.1) is 13.2 Å². The molecule has 0 amide bonds. The lowest BCUT2D eigenvalue weighted by atomic mass is 9.90. The number of halogens is 5. The average Bonchev–Trinajstić information content (AvgIpc) is 3.34. The topological polar surface area (TPSA) is 74.3 Å². The molecule has 0 saturated carbocycles. The molecule has 1 aliphatic heterocycles. The predicted octanol–water partition coefficient (Wildman–Crippen LogP) is 5.47. The van der Waals surface area contributed by atoms with Gasteiger partial charge in [0.1, 0.15) is 11.5 Å². The van der Waals surface area contributed by atoms with E-state index in [0.717, 1.165) is 18.5 Å². The predicted molar refractivity (Wildman–Crippen MR) is 123 cm³/mol. The third kappa shape index (κ3) is 4.37.